The van der Waals surface area contributed by atoms with Gasteiger partial charge in [-0.1, -0.05) is 34.8 Å². The van der Waals surface area contributed by atoms with E-state index in [1.165, 1.54) is 12.1 Å². The molecule has 0 spiro atoms. The molecule has 4 nitrogen and oxygen atoms in total. The number of carbonyl (C=O) groups is 1. The van der Waals surface area contributed by atoms with Crippen molar-refractivity contribution in [2.75, 3.05) is 11.1 Å². The molecule has 0 radical (unpaired) electrons. The Balaban J connectivity index is 2.35. The summed E-state index contributed by atoms with van der Waals surface area (Å²) in [5.74, 6) is -1.13. The van der Waals surface area contributed by atoms with E-state index < -0.39 is 11.7 Å². The van der Waals surface area contributed by atoms with Crippen molar-refractivity contribution in [2.24, 2.45) is 0 Å². The van der Waals surface area contributed by atoms with Gasteiger partial charge in [0.1, 0.15) is 17.3 Å². The summed E-state index contributed by atoms with van der Waals surface area (Å²) in [7, 11) is 0. The molecule has 1 amide bonds. The first-order valence-corrected chi connectivity index (χ1v) is 6.40. The van der Waals surface area contributed by atoms with Crippen molar-refractivity contribution in [3.05, 3.63) is 50.8 Å². The minimum absolute atomic E-state index is 0.0385. The van der Waals surface area contributed by atoms with E-state index in [1.807, 2.05) is 0 Å². The second-order valence-corrected chi connectivity index (χ2v) is 4.99. The molecule has 0 saturated carbocycles. The molecule has 0 saturated heterocycles. The number of benzene rings is 1. The van der Waals surface area contributed by atoms with Crippen LogP contribution in [0.25, 0.3) is 0 Å². The van der Waals surface area contributed by atoms with Gasteiger partial charge in [-0.2, -0.15) is 0 Å². The van der Waals surface area contributed by atoms with Crippen LogP contribution in [0.2, 0.25) is 15.1 Å². The molecule has 0 aliphatic carbocycles. The van der Waals surface area contributed by atoms with Crippen LogP contribution in [0.3, 0.4) is 0 Å². The van der Waals surface area contributed by atoms with E-state index >= 15 is 0 Å². The molecular weight excluding hydrogens is 328 g/mol. The zero-order chi connectivity index (χ0) is 14.9. The summed E-state index contributed by atoms with van der Waals surface area (Å²) in [5.41, 5.74) is 5.48. The average molecular weight is 335 g/mol. The third-order valence-electron chi connectivity index (χ3n) is 2.33. The van der Waals surface area contributed by atoms with Crippen molar-refractivity contribution in [3.63, 3.8) is 0 Å². The molecule has 0 atom stereocenters. The quantitative estimate of drug-likeness (QED) is 0.871. The topological polar surface area (TPSA) is 68.0 Å². The van der Waals surface area contributed by atoms with E-state index in [2.05, 4.69) is 10.3 Å². The molecule has 1 aromatic heterocycles. The molecule has 2 rings (SSSR count). The van der Waals surface area contributed by atoms with Gasteiger partial charge in [0.2, 0.25) is 0 Å². The zero-order valence-electron chi connectivity index (χ0n) is 9.75. The lowest BCUT2D eigenvalue weighted by Crippen LogP contribution is -2.15. The van der Waals surface area contributed by atoms with Gasteiger partial charge in [-0.15, -0.1) is 0 Å². The van der Waals surface area contributed by atoms with Crippen LogP contribution in [-0.2, 0) is 0 Å². The predicted octanol–water partition coefficient (Wildman–Crippen LogP) is 4.02. The maximum atomic E-state index is 13.1. The molecule has 104 valence electrons. The van der Waals surface area contributed by atoms with Gasteiger partial charge in [0.05, 0.1) is 20.8 Å². The molecule has 0 aliphatic rings. The number of aromatic nitrogens is 1. The fourth-order valence-corrected chi connectivity index (χ4v) is 2.20. The molecule has 1 heterocycles. The maximum Gasteiger partial charge on any atom is 0.275 e. The van der Waals surface area contributed by atoms with Gasteiger partial charge in [0, 0.05) is 0 Å². The molecule has 20 heavy (non-hydrogen) atoms. The van der Waals surface area contributed by atoms with Gasteiger partial charge in [-0.3, -0.25) is 4.79 Å². The summed E-state index contributed by atoms with van der Waals surface area (Å²) in [6.45, 7) is 0. The number of hydrogen-bond donors (Lipinski definition) is 2. The van der Waals surface area contributed by atoms with E-state index in [1.54, 1.807) is 0 Å². The molecule has 1 aromatic carbocycles. The summed E-state index contributed by atoms with van der Waals surface area (Å²) in [4.78, 5) is 15.9. The molecule has 0 aliphatic heterocycles. The first-order valence-electron chi connectivity index (χ1n) is 5.26. The maximum absolute atomic E-state index is 13.1. The Morgan fingerprint density at radius 1 is 1.15 bits per heavy atom. The van der Waals surface area contributed by atoms with Crippen LogP contribution < -0.4 is 11.1 Å². The minimum atomic E-state index is -0.655. The zero-order valence-corrected chi connectivity index (χ0v) is 12.0. The van der Waals surface area contributed by atoms with Gasteiger partial charge in [-0.05, 0) is 24.3 Å². The molecule has 3 N–H and O–H groups in total. The van der Waals surface area contributed by atoms with Crippen molar-refractivity contribution in [2.45, 2.75) is 0 Å². The van der Waals surface area contributed by atoms with Crippen LogP contribution in [0.15, 0.2) is 24.3 Å². The van der Waals surface area contributed by atoms with Crippen LogP contribution >= 0.6 is 34.8 Å². The van der Waals surface area contributed by atoms with Gasteiger partial charge >= 0.3 is 0 Å². The molecule has 0 bridgehead atoms. The highest BCUT2D eigenvalue weighted by Crippen LogP contribution is 2.32. The van der Waals surface area contributed by atoms with Gasteiger partial charge in [-0.25, -0.2) is 9.37 Å². The molecule has 8 heteroatoms. The number of hydrogen-bond acceptors (Lipinski definition) is 3. The number of carbonyl (C=O) groups excluding carboxylic acids is 1. The van der Waals surface area contributed by atoms with Crippen LogP contribution in [0.4, 0.5) is 15.9 Å². The van der Waals surface area contributed by atoms with Gasteiger partial charge in [0.15, 0.2) is 0 Å². The Labute approximate surface area is 128 Å². The summed E-state index contributed by atoms with van der Waals surface area (Å²) in [6, 6.07) is 4.94. The summed E-state index contributed by atoms with van der Waals surface area (Å²) in [5, 5.41) is 2.46. The van der Waals surface area contributed by atoms with Crippen molar-refractivity contribution in [3.8, 4) is 0 Å². The number of nitrogens with one attached hydrogen (secondary N) is 1. The predicted molar refractivity (Wildman–Crippen MR) is 78.0 cm³/mol. The lowest BCUT2D eigenvalue weighted by molar-refractivity contribution is 0.102. The van der Waals surface area contributed by atoms with Crippen molar-refractivity contribution in [1.29, 1.82) is 0 Å². The van der Waals surface area contributed by atoms with Crippen molar-refractivity contribution in [1.82, 2.24) is 4.98 Å². The third-order valence-corrected chi connectivity index (χ3v) is 3.23. The van der Waals surface area contributed by atoms with Gasteiger partial charge in [0.25, 0.3) is 5.91 Å². The first kappa shape index (κ1) is 14.8. The third kappa shape index (κ3) is 3.12. The van der Waals surface area contributed by atoms with Crippen LogP contribution in [-0.4, -0.2) is 10.9 Å². The van der Waals surface area contributed by atoms with Gasteiger partial charge < -0.3 is 11.1 Å². The number of nitrogens with zero attached hydrogens (tertiary/aromatic N) is 1. The molecule has 0 fully saturated rings. The highest BCUT2D eigenvalue weighted by atomic mass is 35.5. The highest BCUT2D eigenvalue weighted by molar-refractivity contribution is 6.40. The second-order valence-electron chi connectivity index (χ2n) is 3.77. The molecule has 0 unspecified atom stereocenters. The summed E-state index contributed by atoms with van der Waals surface area (Å²) in [6.07, 6.45) is 0. The normalized spacial score (nSPS) is 10.4. The van der Waals surface area contributed by atoms with Crippen molar-refractivity contribution >= 4 is 52.2 Å². The SMILES string of the molecule is Nc1ccc(Cl)c(C(=O)Nc2c(Cl)cc(F)cc2Cl)n1. The van der Waals surface area contributed by atoms with E-state index in [9.17, 15) is 9.18 Å². The number of halogens is 4. The number of amides is 1. The van der Waals surface area contributed by atoms with Crippen LogP contribution in [0, 0.1) is 5.82 Å². The summed E-state index contributed by atoms with van der Waals surface area (Å²) >= 11 is 17.5. The fourth-order valence-electron chi connectivity index (χ4n) is 1.45. The lowest BCUT2D eigenvalue weighted by atomic mass is 10.2. The Kier molecular flexibility index (Phi) is 4.32. The van der Waals surface area contributed by atoms with Crippen LogP contribution in [0.5, 0.6) is 0 Å². The van der Waals surface area contributed by atoms with E-state index in [-0.39, 0.29) is 32.3 Å². The minimum Gasteiger partial charge on any atom is -0.384 e. The van der Waals surface area contributed by atoms with E-state index in [0.717, 1.165) is 12.1 Å². The molecular formula is C12H7Cl3FN3O. The summed E-state index contributed by atoms with van der Waals surface area (Å²) < 4.78 is 13.1. The van der Waals surface area contributed by atoms with E-state index in [0.29, 0.717) is 0 Å². The number of pyridine rings is 1. The first-order chi connectivity index (χ1) is 9.38. The Bertz CT molecular complexity index is 671. The number of rotatable bonds is 2. The van der Waals surface area contributed by atoms with E-state index in [4.69, 9.17) is 40.5 Å². The van der Waals surface area contributed by atoms with Crippen molar-refractivity contribution < 1.29 is 9.18 Å². The monoisotopic (exact) mass is 333 g/mol. The Hall–Kier alpha value is -1.56. The Morgan fingerprint density at radius 2 is 1.75 bits per heavy atom. The second kappa shape index (κ2) is 5.83. The number of anilines is 2. The number of nitrogen functional groups attached to an aromatic ring is 1. The average Bonchev–Trinajstić information content (AvgIpc) is 2.36. The standard InChI is InChI=1S/C12H7Cl3FN3O/c13-6-1-2-9(17)18-11(6)12(20)19-10-7(14)3-5(16)4-8(10)15/h1-4H,(H2,17,18)(H,19,20). The largest absolute Gasteiger partial charge is 0.384 e. The highest BCUT2D eigenvalue weighted by Gasteiger charge is 2.17. The smallest absolute Gasteiger partial charge is 0.275 e. The number of nitrogens with two attached hydrogens (primary N) is 1. The lowest BCUT2D eigenvalue weighted by Gasteiger charge is -2.10. The Morgan fingerprint density at radius 3 is 2.35 bits per heavy atom. The van der Waals surface area contributed by atoms with Crippen LogP contribution in [0.1, 0.15) is 10.5 Å². The fraction of sp³-hybridized carbons (Fsp3) is 0. The molecule has 2 aromatic rings.